The molecule has 1 N–H and O–H groups in total. The monoisotopic (exact) mass is 91.0 g/mol. The average Bonchev–Trinajstić information content (AvgIpc) is 1.61. The average molecular weight is 91.0 g/mol. The molecule has 0 aliphatic carbocycles. The molecule has 0 bridgehead atoms. The predicted octanol–water partition coefficient (Wildman–Crippen LogP) is -0.130. The molecule has 0 aromatic heterocycles. The molecule has 0 aliphatic rings. The van der Waals surface area contributed by atoms with Crippen LogP contribution in [-0.4, -0.2) is 0 Å². The maximum absolute atomic E-state index is 8.88. The molecule has 0 unspecified atom stereocenters. The van der Waals surface area contributed by atoms with Crippen LogP contribution in [0, 0.1) is 9.81 Å². The van der Waals surface area contributed by atoms with Gasteiger partial charge in [0.2, 0.25) is 0 Å². The number of nitroso groups, excluding NO2 is 1. The van der Waals surface area contributed by atoms with Crippen molar-refractivity contribution in [2.45, 2.75) is 0 Å². The Morgan fingerprint density at radius 2 is 2.17 bits per heavy atom. The molecule has 0 aromatic rings. The van der Waals surface area contributed by atoms with Gasteiger partial charge in [-0.25, -0.2) is 4.94 Å². The Morgan fingerprint density at radius 3 is 2.33 bits per heavy atom. The van der Waals surface area contributed by atoms with Gasteiger partial charge in [-0.2, -0.15) is 0 Å². The molecule has 0 amide bonds. The fourth-order valence-electron chi connectivity index (χ4n) is 0.0333. The van der Waals surface area contributed by atoms with Crippen LogP contribution < -0.4 is 5.59 Å². The van der Waals surface area contributed by atoms with Crippen LogP contribution in [0.4, 0.5) is 0 Å². The van der Waals surface area contributed by atoms with Gasteiger partial charge in [0.25, 0.3) is 0 Å². The highest BCUT2D eigenvalue weighted by Gasteiger charge is 1.66. The van der Waals surface area contributed by atoms with E-state index >= 15 is 0 Å². The molecular formula is HN3O3. The number of hydrogen-bond donors (Lipinski definition) is 1. The summed E-state index contributed by atoms with van der Waals surface area (Å²) in [5.74, 6) is 0. The second kappa shape index (κ2) is 3.80. The van der Waals surface area contributed by atoms with E-state index in [1.54, 1.807) is 5.34 Å². The molecule has 6 heavy (non-hydrogen) atoms. The zero-order valence-corrected chi connectivity index (χ0v) is 2.62. The summed E-state index contributed by atoms with van der Waals surface area (Å²) in [5, 5.41) is 3.68. The fourth-order valence-corrected chi connectivity index (χ4v) is 0.0333. The Bertz CT molecular complexity index is 42.0. The molecule has 6 heteroatoms. The smallest absolute Gasteiger partial charge is 0.183 e. The number of hydrogen-bond acceptors (Lipinski definition) is 5. The molecule has 0 radical (unpaired) electrons. The van der Waals surface area contributed by atoms with Gasteiger partial charge in [0.15, 0.2) is 5.34 Å². The molecule has 0 atom stereocenters. The first-order valence-corrected chi connectivity index (χ1v) is 0.975. The predicted molar refractivity (Wildman–Crippen MR) is 15.8 cm³/mol. The van der Waals surface area contributed by atoms with E-state index in [1.807, 2.05) is 5.29 Å². The van der Waals surface area contributed by atoms with Crippen molar-refractivity contribution in [3.8, 4) is 0 Å². The third kappa shape index (κ3) is 2.80. The summed E-state index contributed by atoms with van der Waals surface area (Å²) < 4.78 is 0. The normalized spacial score (nSPS) is 6.00. The molecule has 0 rings (SSSR count). The molecule has 0 spiro atoms. The Labute approximate surface area is 32.3 Å². The zero-order chi connectivity index (χ0) is 4.83. The summed E-state index contributed by atoms with van der Waals surface area (Å²) in [6.45, 7) is 0. The van der Waals surface area contributed by atoms with Gasteiger partial charge in [-0.05, 0) is 0 Å². The highest BCUT2D eigenvalue weighted by Crippen LogP contribution is 1.59. The van der Waals surface area contributed by atoms with Crippen LogP contribution in [0.5, 0.6) is 0 Å². The van der Waals surface area contributed by atoms with Crippen molar-refractivity contribution in [3.05, 3.63) is 9.81 Å². The summed E-state index contributed by atoms with van der Waals surface area (Å²) in [5.41, 5.74) is 1.29. The first kappa shape index (κ1) is 4.80. The quantitative estimate of drug-likeness (QED) is 0.298. The van der Waals surface area contributed by atoms with Crippen LogP contribution in [-0.2, 0) is 4.94 Å². The first-order chi connectivity index (χ1) is 2.91. The van der Waals surface area contributed by atoms with E-state index in [4.69, 9.17) is 9.81 Å². The van der Waals surface area contributed by atoms with Crippen LogP contribution in [0.25, 0.3) is 0 Å². The van der Waals surface area contributed by atoms with Gasteiger partial charge in [-0.1, -0.05) is 5.59 Å². The van der Waals surface area contributed by atoms with E-state index in [9.17, 15) is 0 Å². The molecule has 0 fully saturated rings. The standard InChI is InChI=1S/HN3O3/c4-1-2-6-3-5/h(H,2,4). The second-order valence-electron chi connectivity index (χ2n) is 0.348. The van der Waals surface area contributed by atoms with Gasteiger partial charge in [0.1, 0.15) is 0 Å². The summed E-state index contributed by atoms with van der Waals surface area (Å²) >= 11 is 0. The van der Waals surface area contributed by atoms with E-state index in [2.05, 4.69) is 4.94 Å². The van der Waals surface area contributed by atoms with Gasteiger partial charge in [0, 0.05) is 0 Å². The van der Waals surface area contributed by atoms with E-state index in [-0.39, 0.29) is 0 Å². The van der Waals surface area contributed by atoms with Crippen molar-refractivity contribution in [1.82, 2.24) is 5.59 Å². The molecule has 0 saturated carbocycles. The first-order valence-electron chi connectivity index (χ1n) is 0.975. The van der Waals surface area contributed by atoms with Crippen molar-refractivity contribution in [2.75, 3.05) is 0 Å². The molecule has 34 valence electrons. The number of nitrogens with zero attached hydrogens (tertiary/aromatic N) is 2. The lowest BCUT2D eigenvalue weighted by atomic mass is 12.7. The lowest BCUT2D eigenvalue weighted by molar-refractivity contribution is 0.0437. The van der Waals surface area contributed by atoms with E-state index in [1.165, 1.54) is 5.59 Å². The van der Waals surface area contributed by atoms with E-state index in [0.29, 0.717) is 0 Å². The van der Waals surface area contributed by atoms with Crippen molar-refractivity contribution in [1.29, 1.82) is 0 Å². The van der Waals surface area contributed by atoms with E-state index < -0.39 is 0 Å². The Balaban J connectivity index is 2.66. The number of rotatable bonds is 3. The molecule has 0 heterocycles. The molecule has 0 aliphatic heterocycles. The highest BCUT2D eigenvalue weighted by molar-refractivity contribution is 4.01. The van der Waals surface area contributed by atoms with Crippen LogP contribution in [0.2, 0.25) is 0 Å². The van der Waals surface area contributed by atoms with Crippen LogP contribution in [0.1, 0.15) is 0 Å². The Kier molecular flexibility index (Phi) is 3.04. The second-order valence-corrected chi connectivity index (χ2v) is 0.348. The minimum Gasteiger partial charge on any atom is -0.212 e. The van der Waals surface area contributed by atoms with Crippen molar-refractivity contribution >= 4 is 0 Å². The lowest BCUT2D eigenvalue weighted by Crippen LogP contribution is -1.96. The summed E-state index contributed by atoms with van der Waals surface area (Å²) in [7, 11) is 0. The van der Waals surface area contributed by atoms with Crippen LogP contribution in [0.3, 0.4) is 0 Å². The van der Waals surface area contributed by atoms with Gasteiger partial charge in [-0.15, -0.1) is 9.81 Å². The minimum atomic E-state index is 1.29. The summed E-state index contributed by atoms with van der Waals surface area (Å²) in [4.78, 5) is 21.0. The lowest BCUT2D eigenvalue weighted by Gasteiger charge is -1.77. The maximum atomic E-state index is 8.88. The molecule has 0 saturated heterocycles. The number of nitrogens with one attached hydrogen (secondary N) is 1. The van der Waals surface area contributed by atoms with Gasteiger partial charge in [0.05, 0.1) is 5.29 Å². The van der Waals surface area contributed by atoms with Crippen molar-refractivity contribution in [3.63, 3.8) is 0 Å². The largest absolute Gasteiger partial charge is 0.212 e. The van der Waals surface area contributed by atoms with Crippen molar-refractivity contribution in [2.24, 2.45) is 10.6 Å². The molecular weight excluding hydrogens is 90.0 g/mol. The van der Waals surface area contributed by atoms with Crippen molar-refractivity contribution < 1.29 is 4.94 Å². The zero-order valence-electron chi connectivity index (χ0n) is 2.62. The van der Waals surface area contributed by atoms with E-state index in [0.717, 1.165) is 0 Å². The fraction of sp³-hybridized carbons (Fsp3) is 0. The third-order valence-corrected chi connectivity index (χ3v) is 0.115. The SMILES string of the molecule is O=NNON=O. The van der Waals surface area contributed by atoms with Gasteiger partial charge >= 0.3 is 0 Å². The van der Waals surface area contributed by atoms with Crippen LogP contribution >= 0.6 is 0 Å². The third-order valence-electron chi connectivity index (χ3n) is 0.115. The topological polar surface area (TPSA) is 80.1 Å². The van der Waals surface area contributed by atoms with Crippen LogP contribution in [0.15, 0.2) is 10.6 Å². The molecule has 6 nitrogen and oxygen atoms in total. The maximum Gasteiger partial charge on any atom is 0.183 e. The van der Waals surface area contributed by atoms with Gasteiger partial charge in [-0.3, -0.25) is 0 Å². The molecule has 0 aromatic carbocycles. The minimum absolute atomic E-state index is 1.29. The Morgan fingerprint density at radius 1 is 1.50 bits per heavy atom. The summed E-state index contributed by atoms with van der Waals surface area (Å²) in [6.07, 6.45) is 0. The summed E-state index contributed by atoms with van der Waals surface area (Å²) in [6, 6.07) is 0. The Hall–Kier alpha value is -1.20. The highest BCUT2D eigenvalue weighted by atomic mass is 16.9. The van der Waals surface area contributed by atoms with Gasteiger partial charge < -0.3 is 0 Å².